The van der Waals surface area contributed by atoms with Gasteiger partial charge in [0.15, 0.2) is 0 Å². The number of urea groups is 1. The fourth-order valence-corrected chi connectivity index (χ4v) is 3.08. The Hall–Kier alpha value is -1.30. The van der Waals surface area contributed by atoms with E-state index in [1.807, 2.05) is 7.05 Å². The zero-order valence-corrected chi connectivity index (χ0v) is 12.3. The lowest BCUT2D eigenvalue weighted by Crippen LogP contribution is -2.55. The molecule has 2 rings (SSSR count). The minimum atomic E-state index is -0.523. The number of nitrogens with two attached hydrogens (primary N) is 1. The Morgan fingerprint density at radius 2 is 1.80 bits per heavy atom. The van der Waals surface area contributed by atoms with Crippen LogP contribution in [-0.2, 0) is 4.79 Å². The van der Waals surface area contributed by atoms with Crippen molar-refractivity contribution in [2.24, 2.45) is 11.7 Å². The van der Waals surface area contributed by atoms with Crippen LogP contribution in [0, 0.1) is 5.92 Å². The number of carbonyl (C=O) groups excluding carboxylic acids is 2. The quantitative estimate of drug-likeness (QED) is 0.782. The van der Waals surface area contributed by atoms with Crippen LogP contribution in [0.2, 0.25) is 0 Å². The first-order valence-corrected chi connectivity index (χ1v) is 7.59. The summed E-state index contributed by atoms with van der Waals surface area (Å²) in [5, 5.41) is 2.82. The van der Waals surface area contributed by atoms with Crippen molar-refractivity contribution >= 4 is 11.9 Å². The van der Waals surface area contributed by atoms with E-state index in [0.717, 1.165) is 25.9 Å². The van der Waals surface area contributed by atoms with Gasteiger partial charge >= 0.3 is 6.03 Å². The van der Waals surface area contributed by atoms with E-state index in [9.17, 15) is 9.59 Å². The minimum Gasteiger partial charge on any atom is -0.368 e. The van der Waals surface area contributed by atoms with Crippen molar-refractivity contribution in [3.8, 4) is 0 Å². The number of primary amides is 1. The zero-order valence-electron chi connectivity index (χ0n) is 12.3. The van der Waals surface area contributed by atoms with Gasteiger partial charge in [-0.3, -0.25) is 4.79 Å². The molecule has 3 amide bonds. The Balaban J connectivity index is 1.83. The first-order valence-electron chi connectivity index (χ1n) is 7.59. The lowest BCUT2D eigenvalue weighted by Gasteiger charge is -2.33. The summed E-state index contributed by atoms with van der Waals surface area (Å²) in [6.45, 7) is 3.16. The standard InChI is InChI=1S/C14H26N4O2/c1-17-6-8-18(9-7-17)14(20)16-12(13(15)19)10-11-4-2-3-5-11/h11-12H,2-10H2,1H3,(H2,15,19)(H,16,20). The van der Waals surface area contributed by atoms with E-state index in [1.165, 1.54) is 12.8 Å². The summed E-state index contributed by atoms with van der Waals surface area (Å²) in [7, 11) is 2.04. The Morgan fingerprint density at radius 1 is 1.20 bits per heavy atom. The normalized spacial score (nSPS) is 22.8. The molecule has 1 atom stereocenters. The highest BCUT2D eigenvalue weighted by Crippen LogP contribution is 2.28. The van der Waals surface area contributed by atoms with Crippen molar-refractivity contribution in [3.63, 3.8) is 0 Å². The summed E-state index contributed by atoms with van der Waals surface area (Å²) >= 11 is 0. The third-order valence-corrected chi connectivity index (χ3v) is 4.48. The molecule has 0 spiro atoms. The molecule has 1 saturated carbocycles. The molecule has 3 N–H and O–H groups in total. The molecule has 1 unspecified atom stereocenters. The summed E-state index contributed by atoms with van der Waals surface area (Å²) < 4.78 is 0. The Morgan fingerprint density at radius 3 is 2.35 bits per heavy atom. The molecule has 1 saturated heterocycles. The van der Waals surface area contributed by atoms with Crippen LogP contribution in [0.1, 0.15) is 32.1 Å². The predicted molar refractivity (Wildman–Crippen MR) is 77.2 cm³/mol. The molecule has 20 heavy (non-hydrogen) atoms. The van der Waals surface area contributed by atoms with Crippen LogP contribution in [0.25, 0.3) is 0 Å². The molecule has 0 aromatic heterocycles. The van der Waals surface area contributed by atoms with Crippen LogP contribution in [0.3, 0.4) is 0 Å². The number of rotatable bonds is 4. The largest absolute Gasteiger partial charge is 0.368 e. The van der Waals surface area contributed by atoms with Crippen LogP contribution >= 0.6 is 0 Å². The highest BCUT2D eigenvalue weighted by atomic mass is 16.2. The van der Waals surface area contributed by atoms with E-state index in [2.05, 4.69) is 10.2 Å². The number of likely N-dealkylation sites (N-methyl/N-ethyl adjacent to an activating group) is 1. The lowest BCUT2D eigenvalue weighted by atomic mass is 9.98. The number of hydrogen-bond donors (Lipinski definition) is 2. The minimum absolute atomic E-state index is 0.153. The number of amides is 3. The second-order valence-electron chi connectivity index (χ2n) is 6.08. The smallest absolute Gasteiger partial charge is 0.318 e. The Labute approximate surface area is 120 Å². The second kappa shape index (κ2) is 6.92. The molecule has 114 valence electrons. The van der Waals surface area contributed by atoms with Crippen molar-refractivity contribution < 1.29 is 9.59 Å². The van der Waals surface area contributed by atoms with Crippen molar-refractivity contribution in [2.75, 3.05) is 33.2 Å². The molecule has 2 fully saturated rings. The highest BCUT2D eigenvalue weighted by molar-refractivity contribution is 5.85. The molecule has 0 aromatic carbocycles. The maximum absolute atomic E-state index is 12.2. The first-order chi connectivity index (χ1) is 9.56. The number of hydrogen-bond acceptors (Lipinski definition) is 3. The summed E-state index contributed by atoms with van der Waals surface area (Å²) in [6.07, 6.45) is 5.43. The van der Waals surface area contributed by atoms with E-state index in [4.69, 9.17) is 5.73 Å². The van der Waals surface area contributed by atoms with Crippen LogP contribution in [0.15, 0.2) is 0 Å². The second-order valence-corrected chi connectivity index (χ2v) is 6.08. The monoisotopic (exact) mass is 282 g/mol. The average Bonchev–Trinajstić information content (AvgIpc) is 2.91. The highest BCUT2D eigenvalue weighted by Gasteiger charge is 2.27. The van der Waals surface area contributed by atoms with Gasteiger partial charge in [-0.15, -0.1) is 0 Å². The summed E-state index contributed by atoms with van der Waals surface area (Å²) in [5.41, 5.74) is 5.43. The Bertz CT molecular complexity index is 347. The van der Waals surface area contributed by atoms with E-state index in [0.29, 0.717) is 25.4 Å². The molecule has 0 bridgehead atoms. The van der Waals surface area contributed by atoms with Gasteiger partial charge in [0, 0.05) is 26.2 Å². The molecule has 6 nitrogen and oxygen atoms in total. The summed E-state index contributed by atoms with van der Waals surface area (Å²) in [5.74, 6) is 0.111. The Kier molecular flexibility index (Phi) is 5.23. The maximum Gasteiger partial charge on any atom is 0.318 e. The molecular weight excluding hydrogens is 256 g/mol. The first kappa shape index (κ1) is 15.1. The third kappa shape index (κ3) is 4.10. The summed E-state index contributed by atoms with van der Waals surface area (Å²) in [6, 6.07) is -0.676. The van der Waals surface area contributed by atoms with Crippen molar-refractivity contribution in [1.82, 2.24) is 15.1 Å². The van der Waals surface area contributed by atoms with Gasteiger partial charge in [-0.2, -0.15) is 0 Å². The van der Waals surface area contributed by atoms with Crippen molar-refractivity contribution in [1.29, 1.82) is 0 Å². The van der Waals surface area contributed by atoms with E-state index < -0.39 is 11.9 Å². The molecule has 1 aliphatic carbocycles. The topological polar surface area (TPSA) is 78.7 Å². The van der Waals surface area contributed by atoms with Crippen LogP contribution in [0.4, 0.5) is 4.79 Å². The summed E-state index contributed by atoms with van der Waals surface area (Å²) in [4.78, 5) is 27.7. The van der Waals surface area contributed by atoms with Gasteiger partial charge in [0.1, 0.15) is 6.04 Å². The van der Waals surface area contributed by atoms with Gasteiger partial charge in [0.25, 0.3) is 0 Å². The SMILES string of the molecule is CN1CCN(C(=O)NC(CC2CCCC2)C(N)=O)CC1. The van der Waals surface area contributed by atoms with Crippen LogP contribution in [0.5, 0.6) is 0 Å². The third-order valence-electron chi connectivity index (χ3n) is 4.48. The van der Waals surface area contributed by atoms with Gasteiger partial charge in [0.2, 0.25) is 5.91 Å². The van der Waals surface area contributed by atoms with Gasteiger partial charge in [-0.05, 0) is 19.4 Å². The van der Waals surface area contributed by atoms with E-state index in [1.54, 1.807) is 4.90 Å². The number of carbonyl (C=O) groups is 2. The molecule has 6 heteroatoms. The molecular formula is C14H26N4O2. The van der Waals surface area contributed by atoms with Crippen LogP contribution < -0.4 is 11.1 Å². The van der Waals surface area contributed by atoms with Gasteiger partial charge in [-0.1, -0.05) is 25.7 Å². The van der Waals surface area contributed by atoms with Crippen molar-refractivity contribution in [2.45, 2.75) is 38.1 Å². The van der Waals surface area contributed by atoms with Crippen molar-refractivity contribution in [3.05, 3.63) is 0 Å². The molecule has 0 radical (unpaired) electrons. The number of nitrogens with one attached hydrogen (secondary N) is 1. The predicted octanol–water partition coefficient (Wildman–Crippen LogP) is 0.378. The number of piperazine rings is 1. The molecule has 1 aliphatic heterocycles. The van der Waals surface area contributed by atoms with E-state index >= 15 is 0 Å². The molecule has 2 aliphatic rings. The fourth-order valence-electron chi connectivity index (χ4n) is 3.08. The average molecular weight is 282 g/mol. The van der Waals surface area contributed by atoms with E-state index in [-0.39, 0.29) is 6.03 Å². The lowest BCUT2D eigenvalue weighted by molar-refractivity contribution is -0.120. The molecule has 1 heterocycles. The molecule has 0 aromatic rings. The maximum atomic E-state index is 12.2. The van der Waals surface area contributed by atoms with Gasteiger partial charge in [-0.25, -0.2) is 4.79 Å². The van der Waals surface area contributed by atoms with Gasteiger partial charge in [0.05, 0.1) is 0 Å². The zero-order chi connectivity index (χ0) is 14.5. The fraction of sp³-hybridized carbons (Fsp3) is 0.857. The number of nitrogens with zero attached hydrogens (tertiary/aromatic N) is 2. The van der Waals surface area contributed by atoms with Gasteiger partial charge < -0.3 is 20.9 Å². The van der Waals surface area contributed by atoms with Crippen LogP contribution in [-0.4, -0.2) is 61.0 Å².